The topological polar surface area (TPSA) is 54.9 Å². The lowest BCUT2D eigenvalue weighted by molar-refractivity contribution is 0.0194. The fourth-order valence-electron chi connectivity index (χ4n) is 2.69. The molecule has 1 aromatic rings. The Bertz CT molecular complexity index is 588. The van der Waals surface area contributed by atoms with Crippen molar-refractivity contribution in [2.45, 2.75) is 32.4 Å². The van der Waals surface area contributed by atoms with E-state index in [1.165, 1.54) is 0 Å². The van der Waals surface area contributed by atoms with Crippen LogP contribution in [0.5, 0.6) is 5.75 Å². The molecule has 3 rings (SSSR count). The predicted molar refractivity (Wildman–Crippen MR) is 91.4 cm³/mol. The molecule has 1 atom stereocenters. The van der Waals surface area contributed by atoms with E-state index in [-0.39, 0.29) is 12.1 Å². The van der Waals surface area contributed by atoms with Gasteiger partial charge in [-0.3, -0.25) is 0 Å². The van der Waals surface area contributed by atoms with Crippen LogP contribution in [0.15, 0.2) is 12.3 Å². The van der Waals surface area contributed by atoms with E-state index in [1.54, 1.807) is 4.90 Å². The minimum atomic E-state index is -0.470. The number of hydrogen-bond acceptors (Lipinski definition) is 5. The fraction of sp³-hybridized carbons (Fsp3) is 0.600. The van der Waals surface area contributed by atoms with E-state index < -0.39 is 5.60 Å². The molecule has 1 fully saturated rings. The minimum absolute atomic E-state index is 0.126. The molecule has 2 aliphatic rings. The lowest BCUT2D eigenvalue weighted by Gasteiger charge is -2.44. The van der Waals surface area contributed by atoms with Crippen molar-refractivity contribution in [3.63, 3.8) is 0 Å². The van der Waals surface area contributed by atoms with E-state index in [9.17, 15) is 4.79 Å². The summed E-state index contributed by atoms with van der Waals surface area (Å²) in [5.41, 5.74) is -0.470. The molecule has 3 heterocycles. The van der Waals surface area contributed by atoms with Crippen molar-refractivity contribution in [1.82, 2.24) is 9.88 Å². The van der Waals surface area contributed by atoms with Crippen LogP contribution < -0.4 is 9.64 Å². The standard InChI is InChI=1S/C15H20IN3O3/c1-15(2,3)22-14(20)18-4-5-19-11(8-18)9-21-12-6-10(16)7-17-13(12)19/h6-7,11H,4-5,8-9H2,1-3H3. The van der Waals surface area contributed by atoms with Gasteiger partial charge in [0, 0.05) is 29.4 Å². The quantitative estimate of drug-likeness (QED) is 0.608. The van der Waals surface area contributed by atoms with Gasteiger partial charge in [0.25, 0.3) is 0 Å². The van der Waals surface area contributed by atoms with Crippen molar-refractivity contribution in [3.05, 3.63) is 15.8 Å². The van der Waals surface area contributed by atoms with E-state index in [1.807, 2.05) is 33.0 Å². The smallest absolute Gasteiger partial charge is 0.410 e. The van der Waals surface area contributed by atoms with Crippen LogP contribution >= 0.6 is 22.6 Å². The summed E-state index contributed by atoms with van der Waals surface area (Å²) in [6, 6.07) is 2.13. The van der Waals surface area contributed by atoms with Crippen molar-refractivity contribution < 1.29 is 14.3 Å². The Morgan fingerprint density at radius 3 is 2.95 bits per heavy atom. The second-order valence-electron chi connectivity index (χ2n) is 6.56. The van der Waals surface area contributed by atoms with E-state index >= 15 is 0 Å². The Balaban J connectivity index is 1.71. The maximum Gasteiger partial charge on any atom is 0.410 e. The summed E-state index contributed by atoms with van der Waals surface area (Å²) in [6.45, 7) is 8.19. The summed E-state index contributed by atoms with van der Waals surface area (Å²) < 4.78 is 12.3. The number of anilines is 1. The number of rotatable bonds is 0. The molecule has 1 amide bonds. The van der Waals surface area contributed by atoms with Crippen LogP contribution in [-0.2, 0) is 4.74 Å². The Morgan fingerprint density at radius 2 is 2.23 bits per heavy atom. The number of fused-ring (bicyclic) bond motifs is 3. The Labute approximate surface area is 143 Å². The molecule has 22 heavy (non-hydrogen) atoms. The highest BCUT2D eigenvalue weighted by Gasteiger charge is 2.36. The summed E-state index contributed by atoms with van der Waals surface area (Å²) in [5, 5.41) is 0. The molecule has 7 heteroatoms. The van der Waals surface area contributed by atoms with Gasteiger partial charge in [-0.25, -0.2) is 9.78 Å². The molecule has 0 saturated carbocycles. The molecule has 0 spiro atoms. The molecular formula is C15H20IN3O3. The van der Waals surface area contributed by atoms with Crippen molar-refractivity contribution >= 4 is 34.5 Å². The summed E-state index contributed by atoms with van der Waals surface area (Å²) in [5.74, 6) is 1.70. The normalized spacial score (nSPS) is 20.8. The Kier molecular flexibility index (Phi) is 4.09. The van der Waals surface area contributed by atoms with Crippen LogP contribution in [0.1, 0.15) is 20.8 Å². The zero-order chi connectivity index (χ0) is 15.9. The van der Waals surface area contributed by atoms with Crippen molar-refractivity contribution in [1.29, 1.82) is 0 Å². The van der Waals surface area contributed by atoms with Gasteiger partial charge in [-0.1, -0.05) is 0 Å². The van der Waals surface area contributed by atoms with Crippen molar-refractivity contribution in [2.24, 2.45) is 0 Å². The summed E-state index contributed by atoms with van der Waals surface area (Å²) in [6.07, 6.45) is 1.58. The second kappa shape index (κ2) is 5.75. The number of pyridine rings is 1. The van der Waals surface area contributed by atoms with Gasteiger partial charge >= 0.3 is 6.09 Å². The summed E-state index contributed by atoms with van der Waals surface area (Å²) in [4.78, 5) is 20.7. The Morgan fingerprint density at radius 1 is 1.45 bits per heavy atom. The number of piperazine rings is 1. The van der Waals surface area contributed by atoms with Crippen molar-refractivity contribution in [3.8, 4) is 5.75 Å². The van der Waals surface area contributed by atoms with Gasteiger partial charge in [-0.05, 0) is 49.4 Å². The van der Waals surface area contributed by atoms with E-state index in [0.29, 0.717) is 19.7 Å². The van der Waals surface area contributed by atoms with Gasteiger partial charge in [0.1, 0.15) is 12.2 Å². The fourth-order valence-corrected chi connectivity index (χ4v) is 3.11. The van der Waals surface area contributed by atoms with E-state index in [2.05, 4.69) is 32.5 Å². The van der Waals surface area contributed by atoms with Crippen LogP contribution in [0.2, 0.25) is 0 Å². The molecule has 2 aliphatic heterocycles. The first-order valence-corrected chi connectivity index (χ1v) is 8.44. The molecule has 0 aliphatic carbocycles. The highest BCUT2D eigenvalue weighted by Crippen LogP contribution is 2.34. The number of nitrogens with zero attached hydrogens (tertiary/aromatic N) is 3. The minimum Gasteiger partial charge on any atom is -0.487 e. The third-order valence-electron chi connectivity index (χ3n) is 3.64. The van der Waals surface area contributed by atoms with Gasteiger partial charge in [0.15, 0.2) is 11.6 Å². The Hall–Kier alpha value is -1.25. The number of carbonyl (C=O) groups excluding carboxylic acids is 1. The van der Waals surface area contributed by atoms with Crippen LogP contribution in [0.3, 0.4) is 0 Å². The molecule has 6 nitrogen and oxygen atoms in total. The van der Waals surface area contributed by atoms with Crippen LogP contribution in [0.25, 0.3) is 0 Å². The van der Waals surface area contributed by atoms with Gasteiger partial charge in [-0.15, -0.1) is 0 Å². The monoisotopic (exact) mass is 417 g/mol. The van der Waals surface area contributed by atoms with Crippen LogP contribution in [0, 0.1) is 3.57 Å². The highest BCUT2D eigenvalue weighted by atomic mass is 127. The number of amides is 1. The molecule has 1 saturated heterocycles. The lowest BCUT2D eigenvalue weighted by atomic mass is 10.1. The molecule has 120 valence electrons. The third-order valence-corrected chi connectivity index (χ3v) is 4.23. The largest absolute Gasteiger partial charge is 0.487 e. The molecule has 1 unspecified atom stereocenters. The SMILES string of the molecule is CC(C)(C)OC(=O)N1CCN2c3ncc(I)cc3OCC2C1. The summed E-state index contributed by atoms with van der Waals surface area (Å²) in [7, 11) is 0. The number of halogens is 1. The van der Waals surface area contributed by atoms with E-state index in [0.717, 1.165) is 21.7 Å². The first-order chi connectivity index (χ1) is 10.3. The summed E-state index contributed by atoms with van der Waals surface area (Å²) >= 11 is 2.23. The average Bonchev–Trinajstić information content (AvgIpc) is 2.44. The van der Waals surface area contributed by atoms with Gasteiger partial charge in [0.05, 0.1) is 6.04 Å². The maximum absolute atomic E-state index is 12.2. The first-order valence-electron chi connectivity index (χ1n) is 7.36. The van der Waals surface area contributed by atoms with Gasteiger partial charge < -0.3 is 19.3 Å². The van der Waals surface area contributed by atoms with Gasteiger partial charge in [0.2, 0.25) is 0 Å². The zero-order valence-electron chi connectivity index (χ0n) is 13.0. The number of aromatic nitrogens is 1. The zero-order valence-corrected chi connectivity index (χ0v) is 15.2. The van der Waals surface area contributed by atoms with E-state index in [4.69, 9.17) is 9.47 Å². The number of hydrogen-bond donors (Lipinski definition) is 0. The van der Waals surface area contributed by atoms with Gasteiger partial charge in [-0.2, -0.15) is 0 Å². The number of ether oxygens (including phenoxy) is 2. The molecule has 0 radical (unpaired) electrons. The molecule has 0 bridgehead atoms. The van der Waals surface area contributed by atoms with Crippen LogP contribution in [0.4, 0.5) is 10.6 Å². The predicted octanol–water partition coefficient (Wildman–Crippen LogP) is 2.50. The van der Waals surface area contributed by atoms with Crippen LogP contribution in [-0.4, -0.2) is 53.9 Å². The average molecular weight is 417 g/mol. The lowest BCUT2D eigenvalue weighted by Crippen LogP contribution is -2.59. The second-order valence-corrected chi connectivity index (χ2v) is 7.81. The van der Waals surface area contributed by atoms with Crippen molar-refractivity contribution in [2.75, 3.05) is 31.1 Å². The molecule has 1 aromatic heterocycles. The molecular weight excluding hydrogens is 397 g/mol. The third kappa shape index (κ3) is 3.23. The number of carbonyl (C=O) groups is 1. The first kappa shape index (κ1) is 15.6. The maximum atomic E-state index is 12.2. The highest BCUT2D eigenvalue weighted by molar-refractivity contribution is 14.1. The molecule has 0 N–H and O–H groups in total. The molecule has 0 aromatic carbocycles.